The van der Waals surface area contributed by atoms with E-state index in [9.17, 15) is 9.36 Å². The molecule has 1 aliphatic carbocycles. The fourth-order valence-corrected chi connectivity index (χ4v) is 1.22. The zero-order chi connectivity index (χ0) is 8.48. The minimum atomic E-state index is -4.54. The summed E-state index contributed by atoms with van der Waals surface area (Å²) in [6, 6.07) is 0. The molecule has 0 radical (unpaired) electrons. The van der Waals surface area contributed by atoms with Crippen LogP contribution in [-0.4, -0.2) is 15.6 Å². The third-order valence-corrected chi connectivity index (χ3v) is 1.63. The summed E-state index contributed by atoms with van der Waals surface area (Å²) in [5.41, 5.74) is 0. The van der Waals surface area contributed by atoms with E-state index in [0.717, 1.165) is 0 Å². The molecule has 11 heavy (non-hydrogen) atoms. The van der Waals surface area contributed by atoms with Crippen LogP contribution < -0.4 is 0 Å². The molecule has 0 atom stereocenters. The predicted molar refractivity (Wildman–Crippen MR) is 35.5 cm³/mol. The Balaban J connectivity index is 2.64. The molecular weight excluding hydrogens is 171 g/mol. The van der Waals surface area contributed by atoms with Gasteiger partial charge in [-0.2, -0.15) is 0 Å². The monoisotopic (exact) mass is 178 g/mol. The summed E-state index contributed by atoms with van der Waals surface area (Å²) >= 11 is 0. The second-order valence-corrected chi connectivity index (χ2v) is 3.28. The summed E-state index contributed by atoms with van der Waals surface area (Å²) in [5, 5.41) is 0. The van der Waals surface area contributed by atoms with E-state index in [0.29, 0.717) is 6.42 Å². The molecule has 1 aliphatic rings. The van der Waals surface area contributed by atoms with Gasteiger partial charge in [0, 0.05) is 6.42 Å². The fraction of sp³-hybridized carbons (Fsp3) is 0.400. The van der Waals surface area contributed by atoms with Gasteiger partial charge in [0.1, 0.15) is 0 Å². The molecule has 0 saturated heterocycles. The Morgan fingerprint density at radius 3 is 2.55 bits per heavy atom. The average molecular weight is 178 g/mol. The number of hydrogen-bond donors (Lipinski definition) is 2. The Labute approximate surface area is 62.9 Å². The Hall–Kier alpha value is -0.640. The molecule has 0 spiro atoms. The van der Waals surface area contributed by atoms with Gasteiger partial charge in [-0.15, -0.1) is 0 Å². The van der Waals surface area contributed by atoms with Gasteiger partial charge in [0.15, 0.2) is 11.5 Å². The first-order valence-corrected chi connectivity index (χ1v) is 4.50. The van der Waals surface area contributed by atoms with E-state index in [1.165, 1.54) is 6.08 Å². The average Bonchev–Trinajstić information content (AvgIpc) is 2.12. The van der Waals surface area contributed by atoms with Crippen LogP contribution in [0.25, 0.3) is 0 Å². The van der Waals surface area contributed by atoms with Crippen molar-refractivity contribution in [1.29, 1.82) is 0 Å². The number of Topliss-reactive ketones (excluding diaryl/α,β-unsaturated/α-hetero) is 1. The Morgan fingerprint density at radius 1 is 1.55 bits per heavy atom. The maximum atomic E-state index is 10.7. The number of hydrogen-bond acceptors (Lipinski definition) is 3. The van der Waals surface area contributed by atoms with Gasteiger partial charge in [-0.05, 0) is 12.5 Å². The highest BCUT2D eigenvalue weighted by Crippen LogP contribution is 2.40. The quantitative estimate of drug-likeness (QED) is 0.595. The van der Waals surface area contributed by atoms with Crippen LogP contribution in [0.2, 0.25) is 0 Å². The molecule has 0 aromatic heterocycles. The van der Waals surface area contributed by atoms with Crippen molar-refractivity contribution in [2.75, 3.05) is 0 Å². The minimum Gasteiger partial charge on any atom is -0.401 e. The van der Waals surface area contributed by atoms with E-state index in [-0.39, 0.29) is 18.0 Å². The molecule has 5 nitrogen and oxygen atoms in total. The summed E-state index contributed by atoms with van der Waals surface area (Å²) in [6.45, 7) is 0. The first-order chi connectivity index (χ1) is 4.99. The van der Waals surface area contributed by atoms with Crippen LogP contribution in [0.3, 0.4) is 0 Å². The number of rotatable bonds is 2. The molecular formula is C5H7O5P. The SMILES string of the molecule is O=C1CCC=C1OP(=O)(O)O. The van der Waals surface area contributed by atoms with Crippen LogP contribution in [-0.2, 0) is 13.9 Å². The molecule has 0 aromatic carbocycles. The highest BCUT2D eigenvalue weighted by molar-refractivity contribution is 7.46. The summed E-state index contributed by atoms with van der Waals surface area (Å²) in [7, 11) is -4.54. The molecule has 1 rings (SSSR count). The second-order valence-electron chi connectivity index (χ2n) is 2.11. The second kappa shape index (κ2) is 2.77. The molecule has 2 N–H and O–H groups in total. The molecule has 0 fully saturated rings. The summed E-state index contributed by atoms with van der Waals surface area (Å²) in [5.74, 6) is -0.563. The first kappa shape index (κ1) is 8.46. The molecule has 0 saturated carbocycles. The molecule has 0 aliphatic heterocycles. The van der Waals surface area contributed by atoms with Crippen molar-refractivity contribution in [2.45, 2.75) is 12.8 Å². The number of allylic oxidation sites excluding steroid dienone is 2. The van der Waals surface area contributed by atoms with E-state index < -0.39 is 7.82 Å². The lowest BCUT2D eigenvalue weighted by atomic mass is 10.3. The smallest absolute Gasteiger partial charge is 0.401 e. The number of phosphoric acid groups is 1. The topological polar surface area (TPSA) is 83.8 Å². The third-order valence-electron chi connectivity index (χ3n) is 1.19. The Morgan fingerprint density at radius 2 is 2.18 bits per heavy atom. The molecule has 62 valence electrons. The maximum absolute atomic E-state index is 10.7. The van der Waals surface area contributed by atoms with E-state index in [2.05, 4.69) is 4.52 Å². The largest absolute Gasteiger partial charge is 0.524 e. The van der Waals surface area contributed by atoms with Crippen molar-refractivity contribution in [3.63, 3.8) is 0 Å². The lowest BCUT2D eigenvalue weighted by Crippen LogP contribution is -1.98. The molecule has 0 amide bonds. The van der Waals surface area contributed by atoms with E-state index in [1.54, 1.807) is 0 Å². The Kier molecular flexibility index (Phi) is 2.13. The highest BCUT2D eigenvalue weighted by atomic mass is 31.2. The molecule has 0 aromatic rings. The van der Waals surface area contributed by atoms with Gasteiger partial charge in [-0.3, -0.25) is 14.6 Å². The van der Waals surface area contributed by atoms with Gasteiger partial charge in [-0.25, -0.2) is 4.57 Å². The van der Waals surface area contributed by atoms with Crippen LogP contribution in [0.1, 0.15) is 12.8 Å². The van der Waals surface area contributed by atoms with Crippen LogP contribution in [0, 0.1) is 0 Å². The van der Waals surface area contributed by atoms with Crippen LogP contribution in [0.5, 0.6) is 0 Å². The Bertz CT molecular complexity index is 250. The molecule has 6 heteroatoms. The van der Waals surface area contributed by atoms with Crippen molar-refractivity contribution in [2.24, 2.45) is 0 Å². The zero-order valence-electron chi connectivity index (χ0n) is 5.56. The van der Waals surface area contributed by atoms with Gasteiger partial charge in [-0.1, -0.05) is 0 Å². The van der Waals surface area contributed by atoms with E-state index in [1.807, 2.05) is 0 Å². The van der Waals surface area contributed by atoms with Gasteiger partial charge < -0.3 is 4.52 Å². The number of ketones is 1. The van der Waals surface area contributed by atoms with Crippen molar-refractivity contribution >= 4 is 13.6 Å². The normalized spacial score (nSPS) is 18.4. The maximum Gasteiger partial charge on any atom is 0.524 e. The van der Waals surface area contributed by atoms with Gasteiger partial charge >= 0.3 is 7.82 Å². The summed E-state index contributed by atoms with van der Waals surface area (Å²) < 4.78 is 14.3. The van der Waals surface area contributed by atoms with Gasteiger partial charge in [0.2, 0.25) is 0 Å². The molecule has 0 bridgehead atoms. The summed E-state index contributed by atoms with van der Waals surface area (Å²) in [6.07, 6.45) is 2.14. The number of carbonyl (C=O) groups is 1. The van der Waals surface area contributed by atoms with Crippen LogP contribution in [0.15, 0.2) is 11.8 Å². The lowest BCUT2D eigenvalue weighted by Gasteiger charge is -2.04. The van der Waals surface area contributed by atoms with Crippen molar-refractivity contribution in [3.05, 3.63) is 11.8 Å². The van der Waals surface area contributed by atoms with Crippen molar-refractivity contribution < 1.29 is 23.7 Å². The highest BCUT2D eigenvalue weighted by Gasteiger charge is 2.24. The minimum absolute atomic E-state index is 0.210. The van der Waals surface area contributed by atoms with Crippen LogP contribution >= 0.6 is 7.82 Å². The third kappa shape index (κ3) is 2.46. The van der Waals surface area contributed by atoms with Gasteiger partial charge in [0.25, 0.3) is 0 Å². The van der Waals surface area contributed by atoms with E-state index in [4.69, 9.17) is 9.79 Å². The predicted octanol–water partition coefficient (Wildman–Crippen LogP) is 0.342. The first-order valence-electron chi connectivity index (χ1n) is 2.97. The van der Waals surface area contributed by atoms with Crippen molar-refractivity contribution in [1.82, 2.24) is 0 Å². The van der Waals surface area contributed by atoms with Gasteiger partial charge in [0.05, 0.1) is 0 Å². The molecule has 0 heterocycles. The lowest BCUT2D eigenvalue weighted by molar-refractivity contribution is -0.117. The fourth-order valence-electron chi connectivity index (χ4n) is 0.788. The zero-order valence-corrected chi connectivity index (χ0v) is 6.45. The summed E-state index contributed by atoms with van der Waals surface area (Å²) in [4.78, 5) is 27.3. The van der Waals surface area contributed by atoms with Crippen LogP contribution in [0.4, 0.5) is 0 Å². The van der Waals surface area contributed by atoms with Crippen molar-refractivity contribution in [3.8, 4) is 0 Å². The van der Waals surface area contributed by atoms with E-state index >= 15 is 0 Å². The standard InChI is InChI=1S/C5H7O5P/c6-4-2-1-3-5(4)10-11(7,8)9/h3H,1-2H2,(H2,7,8,9). The number of phosphoric ester groups is 1. The number of carbonyl (C=O) groups excluding carboxylic acids is 1. The molecule has 0 unspecified atom stereocenters.